The summed E-state index contributed by atoms with van der Waals surface area (Å²) in [4.78, 5) is 26.5. The van der Waals surface area contributed by atoms with Crippen LogP contribution in [-0.4, -0.2) is 34.2 Å². The number of benzene rings is 2. The summed E-state index contributed by atoms with van der Waals surface area (Å²) in [5.74, 6) is -0.666. The van der Waals surface area contributed by atoms with Crippen molar-refractivity contribution in [3.05, 3.63) is 83.9 Å². The lowest BCUT2D eigenvalue weighted by Gasteiger charge is -2.17. The van der Waals surface area contributed by atoms with Crippen LogP contribution in [0.25, 0.3) is 0 Å². The minimum absolute atomic E-state index is 0.0932. The third-order valence-corrected chi connectivity index (χ3v) is 4.69. The van der Waals surface area contributed by atoms with Crippen LogP contribution in [-0.2, 0) is 11.3 Å². The Bertz CT molecular complexity index is 986. The van der Waals surface area contributed by atoms with Gasteiger partial charge in [0.05, 0.1) is 12.6 Å². The van der Waals surface area contributed by atoms with E-state index in [-0.39, 0.29) is 30.1 Å². The molecule has 1 unspecified atom stereocenters. The fraction of sp³-hybridized carbons (Fsp3) is 0.190. The molecule has 1 saturated heterocycles. The van der Waals surface area contributed by atoms with Gasteiger partial charge in [-0.05, 0) is 48.0 Å². The monoisotopic (exact) mass is 378 g/mol. The molecule has 0 aliphatic carbocycles. The average Bonchev–Trinajstić information content (AvgIpc) is 3.32. The van der Waals surface area contributed by atoms with Crippen LogP contribution in [0.1, 0.15) is 22.3 Å². The van der Waals surface area contributed by atoms with Crippen molar-refractivity contribution in [1.29, 1.82) is 0 Å². The minimum Gasteiger partial charge on any atom is -0.347 e. The smallest absolute Gasteiger partial charge is 0.251 e. The summed E-state index contributed by atoms with van der Waals surface area (Å²) in [7, 11) is 0. The molecule has 1 aromatic heterocycles. The molecule has 2 aromatic carbocycles. The van der Waals surface area contributed by atoms with Crippen molar-refractivity contribution >= 4 is 17.5 Å². The van der Waals surface area contributed by atoms with Crippen LogP contribution in [0.5, 0.6) is 0 Å². The van der Waals surface area contributed by atoms with Crippen LogP contribution >= 0.6 is 0 Å². The Morgan fingerprint density at radius 1 is 1.18 bits per heavy atom. The third kappa shape index (κ3) is 3.93. The van der Waals surface area contributed by atoms with Crippen molar-refractivity contribution < 1.29 is 14.0 Å². The molecule has 6 nitrogen and oxygen atoms in total. The number of anilines is 1. The van der Waals surface area contributed by atoms with Crippen LogP contribution in [0.2, 0.25) is 0 Å². The quantitative estimate of drug-likeness (QED) is 0.742. The van der Waals surface area contributed by atoms with Gasteiger partial charge in [0.2, 0.25) is 5.91 Å². The standard InChI is InChI=1S/C21H19FN4O2/c22-17-5-7-19(8-6-17)26-14-18(12-20(26)27)24-21(28)16-4-1-3-15(11-16)13-25-10-2-9-23-25/h1-11,18H,12-14H2,(H,24,28). The molecule has 1 N–H and O–H groups in total. The zero-order valence-corrected chi connectivity index (χ0v) is 15.1. The molecule has 0 spiro atoms. The van der Waals surface area contributed by atoms with Crippen LogP contribution in [0.4, 0.5) is 10.1 Å². The SMILES string of the molecule is O=C(NC1CC(=O)N(c2ccc(F)cc2)C1)c1cccc(Cn2cccn2)c1. The van der Waals surface area contributed by atoms with Gasteiger partial charge in [0.15, 0.2) is 0 Å². The first-order valence-electron chi connectivity index (χ1n) is 9.01. The van der Waals surface area contributed by atoms with E-state index in [1.165, 1.54) is 12.1 Å². The van der Waals surface area contributed by atoms with Crippen LogP contribution in [0, 0.1) is 5.82 Å². The van der Waals surface area contributed by atoms with Gasteiger partial charge in [-0.3, -0.25) is 14.3 Å². The molecule has 1 fully saturated rings. The summed E-state index contributed by atoms with van der Waals surface area (Å²) in [5, 5.41) is 7.09. The Hall–Kier alpha value is -3.48. The number of nitrogens with one attached hydrogen (secondary N) is 1. The van der Waals surface area contributed by atoms with Crippen molar-refractivity contribution in [3.8, 4) is 0 Å². The highest BCUT2D eigenvalue weighted by Crippen LogP contribution is 2.22. The van der Waals surface area contributed by atoms with Crippen molar-refractivity contribution in [1.82, 2.24) is 15.1 Å². The molecule has 0 radical (unpaired) electrons. The van der Waals surface area contributed by atoms with E-state index < -0.39 is 0 Å². The van der Waals surface area contributed by atoms with Crippen LogP contribution in [0.3, 0.4) is 0 Å². The molecular formula is C21H19FN4O2. The maximum atomic E-state index is 13.1. The van der Waals surface area contributed by atoms with E-state index in [0.717, 1.165) is 5.56 Å². The Morgan fingerprint density at radius 2 is 2.00 bits per heavy atom. The Morgan fingerprint density at radius 3 is 2.75 bits per heavy atom. The molecule has 1 atom stereocenters. The first kappa shape index (κ1) is 17.9. The largest absolute Gasteiger partial charge is 0.347 e. The second-order valence-electron chi connectivity index (χ2n) is 6.76. The summed E-state index contributed by atoms with van der Waals surface area (Å²) in [5.41, 5.74) is 2.13. The number of rotatable bonds is 5. The number of carbonyl (C=O) groups excluding carboxylic acids is 2. The predicted molar refractivity (Wildman–Crippen MR) is 102 cm³/mol. The van der Waals surface area contributed by atoms with E-state index in [1.54, 1.807) is 34.0 Å². The normalized spacial score (nSPS) is 16.4. The van der Waals surface area contributed by atoms with Crippen molar-refractivity contribution in [2.75, 3.05) is 11.4 Å². The number of carbonyl (C=O) groups is 2. The topological polar surface area (TPSA) is 67.2 Å². The van der Waals surface area contributed by atoms with Gasteiger partial charge in [-0.15, -0.1) is 0 Å². The molecule has 1 aliphatic rings. The molecule has 4 rings (SSSR count). The van der Waals surface area contributed by atoms with Gasteiger partial charge in [-0.1, -0.05) is 12.1 Å². The molecular weight excluding hydrogens is 359 g/mol. The molecule has 2 heterocycles. The maximum absolute atomic E-state index is 13.1. The van der Waals surface area contributed by atoms with Gasteiger partial charge in [-0.2, -0.15) is 5.10 Å². The van der Waals surface area contributed by atoms with Gasteiger partial charge in [0.1, 0.15) is 5.82 Å². The number of hydrogen-bond acceptors (Lipinski definition) is 3. The van der Waals surface area contributed by atoms with E-state index >= 15 is 0 Å². The number of nitrogens with zero attached hydrogens (tertiary/aromatic N) is 3. The summed E-state index contributed by atoms with van der Waals surface area (Å²) in [6.45, 7) is 0.942. The third-order valence-electron chi connectivity index (χ3n) is 4.69. The highest BCUT2D eigenvalue weighted by Gasteiger charge is 2.31. The molecule has 28 heavy (non-hydrogen) atoms. The number of halogens is 1. The van der Waals surface area contributed by atoms with Crippen molar-refractivity contribution in [2.24, 2.45) is 0 Å². The summed E-state index contributed by atoms with van der Waals surface area (Å²) in [6, 6.07) is 14.7. The molecule has 0 bridgehead atoms. The lowest BCUT2D eigenvalue weighted by Crippen LogP contribution is -2.37. The predicted octanol–water partition coefficient (Wildman–Crippen LogP) is 2.61. The summed E-state index contributed by atoms with van der Waals surface area (Å²) in [6.07, 6.45) is 3.79. The number of aromatic nitrogens is 2. The lowest BCUT2D eigenvalue weighted by molar-refractivity contribution is -0.117. The minimum atomic E-state index is -0.352. The molecule has 0 saturated carbocycles. The van der Waals surface area contributed by atoms with Crippen LogP contribution < -0.4 is 10.2 Å². The van der Waals surface area contributed by atoms with Crippen molar-refractivity contribution in [3.63, 3.8) is 0 Å². The zero-order chi connectivity index (χ0) is 19.5. The van der Waals surface area contributed by atoms with Gasteiger partial charge >= 0.3 is 0 Å². The average molecular weight is 378 g/mol. The fourth-order valence-corrected chi connectivity index (χ4v) is 3.34. The van der Waals surface area contributed by atoms with Gasteiger partial charge in [0.25, 0.3) is 5.91 Å². The number of hydrogen-bond donors (Lipinski definition) is 1. The van der Waals surface area contributed by atoms with Gasteiger partial charge < -0.3 is 10.2 Å². The molecule has 3 aromatic rings. The van der Waals surface area contributed by atoms with Gasteiger partial charge in [0, 0.05) is 36.6 Å². The van der Waals surface area contributed by atoms with E-state index in [0.29, 0.717) is 24.3 Å². The van der Waals surface area contributed by atoms with Gasteiger partial charge in [-0.25, -0.2) is 4.39 Å². The summed E-state index contributed by atoms with van der Waals surface area (Å²) < 4.78 is 14.9. The van der Waals surface area contributed by atoms with Crippen LogP contribution in [0.15, 0.2) is 67.0 Å². The highest BCUT2D eigenvalue weighted by atomic mass is 19.1. The Balaban J connectivity index is 1.41. The lowest BCUT2D eigenvalue weighted by atomic mass is 10.1. The van der Waals surface area contributed by atoms with E-state index in [1.807, 2.05) is 30.5 Å². The molecule has 2 amide bonds. The van der Waals surface area contributed by atoms with E-state index in [9.17, 15) is 14.0 Å². The molecule has 7 heteroatoms. The number of amides is 2. The zero-order valence-electron chi connectivity index (χ0n) is 15.1. The molecule has 142 valence electrons. The second-order valence-corrected chi connectivity index (χ2v) is 6.76. The van der Waals surface area contributed by atoms with E-state index in [2.05, 4.69) is 10.4 Å². The first-order chi connectivity index (χ1) is 13.6. The van der Waals surface area contributed by atoms with Crippen molar-refractivity contribution in [2.45, 2.75) is 19.0 Å². The summed E-state index contributed by atoms with van der Waals surface area (Å²) >= 11 is 0. The maximum Gasteiger partial charge on any atom is 0.251 e. The fourth-order valence-electron chi connectivity index (χ4n) is 3.34. The molecule has 1 aliphatic heterocycles. The highest BCUT2D eigenvalue weighted by molar-refractivity contribution is 5.99. The second kappa shape index (κ2) is 7.64. The Labute approximate surface area is 161 Å². The van der Waals surface area contributed by atoms with E-state index in [4.69, 9.17) is 0 Å². The Kier molecular flexibility index (Phi) is 4.89. The first-order valence-corrected chi connectivity index (χ1v) is 9.01.